The van der Waals surface area contributed by atoms with Crippen LogP contribution in [0.4, 0.5) is 0 Å². The lowest BCUT2D eigenvalue weighted by Gasteiger charge is -2.16. The zero-order valence-electron chi connectivity index (χ0n) is 10.2. The van der Waals surface area contributed by atoms with Crippen LogP contribution in [0.5, 0.6) is 11.5 Å². The van der Waals surface area contributed by atoms with Crippen LogP contribution >= 0.6 is 0 Å². The van der Waals surface area contributed by atoms with Crippen molar-refractivity contribution >= 4 is 0 Å². The van der Waals surface area contributed by atoms with Crippen LogP contribution < -0.4 is 5.32 Å². The average molecular weight is 244 g/mol. The maximum absolute atomic E-state index is 9.75. The molecule has 0 spiro atoms. The van der Waals surface area contributed by atoms with E-state index in [1.807, 2.05) is 19.1 Å². The number of phenolic OH excluding ortho intramolecular Hbond substituents is 2. The molecule has 3 N–H and O–H groups in total. The number of rotatable bonds is 4. The molecule has 94 valence electrons. The van der Waals surface area contributed by atoms with Gasteiger partial charge in [0, 0.05) is 25.0 Å². The zero-order valence-corrected chi connectivity index (χ0v) is 10.2. The third-order valence-corrected chi connectivity index (χ3v) is 2.85. The largest absolute Gasteiger partial charge is 0.507 e. The topological polar surface area (TPSA) is 65.4 Å². The van der Waals surface area contributed by atoms with Gasteiger partial charge in [-0.3, -0.25) is 4.98 Å². The first-order chi connectivity index (χ1) is 8.68. The van der Waals surface area contributed by atoms with Gasteiger partial charge in [0.1, 0.15) is 11.5 Å². The molecule has 0 bridgehead atoms. The molecule has 0 saturated heterocycles. The van der Waals surface area contributed by atoms with Crippen molar-refractivity contribution in [2.45, 2.75) is 19.5 Å². The van der Waals surface area contributed by atoms with Gasteiger partial charge in [0.2, 0.25) is 0 Å². The van der Waals surface area contributed by atoms with Crippen molar-refractivity contribution in [3.05, 3.63) is 53.9 Å². The van der Waals surface area contributed by atoms with Gasteiger partial charge in [0.25, 0.3) is 0 Å². The molecular formula is C14H16N2O2. The Bertz CT molecular complexity index is 494. The van der Waals surface area contributed by atoms with E-state index in [-0.39, 0.29) is 17.5 Å². The van der Waals surface area contributed by atoms with Crippen LogP contribution in [-0.4, -0.2) is 15.2 Å². The van der Waals surface area contributed by atoms with E-state index < -0.39 is 0 Å². The fraction of sp³-hybridized carbons (Fsp3) is 0.214. The molecule has 1 heterocycles. The highest BCUT2D eigenvalue weighted by atomic mass is 16.3. The molecule has 1 atom stereocenters. The second kappa shape index (κ2) is 5.51. The molecule has 0 aliphatic carbocycles. The maximum atomic E-state index is 9.75. The normalized spacial score (nSPS) is 12.3. The van der Waals surface area contributed by atoms with E-state index in [0.29, 0.717) is 12.1 Å². The van der Waals surface area contributed by atoms with Crippen LogP contribution in [-0.2, 0) is 6.54 Å². The van der Waals surface area contributed by atoms with Gasteiger partial charge >= 0.3 is 0 Å². The van der Waals surface area contributed by atoms with Gasteiger partial charge in [-0.1, -0.05) is 6.07 Å². The molecule has 1 aromatic heterocycles. The van der Waals surface area contributed by atoms with Crippen molar-refractivity contribution in [1.29, 1.82) is 0 Å². The highest BCUT2D eigenvalue weighted by Crippen LogP contribution is 2.32. The van der Waals surface area contributed by atoms with Gasteiger partial charge in [-0.05, 0) is 36.8 Å². The van der Waals surface area contributed by atoms with Gasteiger partial charge in [0.15, 0.2) is 0 Å². The van der Waals surface area contributed by atoms with Crippen molar-refractivity contribution in [2.75, 3.05) is 0 Å². The van der Waals surface area contributed by atoms with Crippen LogP contribution in [0.3, 0.4) is 0 Å². The predicted octanol–water partition coefficient (Wildman–Crippen LogP) is 2.34. The number of hydrogen-bond donors (Lipinski definition) is 3. The second-order valence-corrected chi connectivity index (χ2v) is 4.17. The fourth-order valence-electron chi connectivity index (χ4n) is 1.86. The first-order valence-electron chi connectivity index (χ1n) is 5.81. The van der Waals surface area contributed by atoms with Crippen LogP contribution in [0.25, 0.3) is 0 Å². The number of hydrogen-bond acceptors (Lipinski definition) is 4. The molecule has 0 aliphatic rings. The Kier molecular flexibility index (Phi) is 3.79. The molecular weight excluding hydrogens is 228 g/mol. The molecule has 4 heteroatoms. The number of nitrogens with zero attached hydrogens (tertiary/aromatic N) is 1. The van der Waals surface area contributed by atoms with Gasteiger partial charge in [-0.2, -0.15) is 0 Å². The first kappa shape index (κ1) is 12.4. The first-order valence-corrected chi connectivity index (χ1v) is 5.81. The standard InChI is InChI=1S/C14H16N2O2/c1-10(14-12(17)3-2-4-13(14)18)16-9-11-5-7-15-8-6-11/h2-8,10,16-18H,9H2,1H3. The summed E-state index contributed by atoms with van der Waals surface area (Å²) in [5.74, 6) is 0.203. The van der Waals surface area contributed by atoms with E-state index in [1.165, 1.54) is 0 Å². The Morgan fingerprint density at radius 1 is 1.11 bits per heavy atom. The van der Waals surface area contributed by atoms with Crippen LogP contribution in [0, 0.1) is 0 Å². The van der Waals surface area contributed by atoms with Crippen LogP contribution in [0.2, 0.25) is 0 Å². The summed E-state index contributed by atoms with van der Waals surface area (Å²) < 4.78 is 0. The quantitative estimate of drug-likeness (QED) is 0.772. The van der Waals surface area contributed by atoms with Crippen LogP contribution in [0.1, 0.15) is 24.1 Å². The molecule has 1 aromatic carbocycles. The predicted molar refractivity (Wildman–Crippen MR) is 69.3 cm³/mol. The average Bonchev–Trinajstić information content (AvgIpc) is 2.37. The third-order valence-electron chi connectivity index (χ3n) is 2.85. The van der Waals surface area contributed by atoms with E-state index in [1.54, 1.807) is 30.6 Å². The Morgan fingerprint density at radius 3 is 2.33 bits per heavy atom. The van der Waals surface area contributed by atoms with Gasteiger partial charge in [-0.25, -0.2) is 0 Å². The van der Waals surface area contributed by atoms with Crippen molar-refractivity contribution in [2.24, 2.45) is 0 Å². The number of pyridine rings is 1. The summed E-state index contributed by atoms with van der Waals surface area (Å²) >= 11 is 0. The summed E-state index contributed by atoms with van der Waals surface area (Å²) in [5.41, 5.74) is 1.62. The summed E-state index contributed by atoms with van der Waals surface area (Å²) in [7, 11) is 0. The zero-order chi connectivity index (χ0) is 13.0. The lowest BCUT2D eigenvalue weighted by Crippen LogP contribution is -2.18. The van der Waals surface area contributed by atoms with Crippen molar-refractivity contribution in [1.82, 2.24) is 10.3 Å². The monoisotopic (exact) mass is 244 g/mol. The third kappa shape index (κ3) is 2.78. The van der Waals surface area contributed by atoms with Crippen molar-refractivity contribution < 1.29 is 10.2 Å². The van der Waals surface area contributed by atoms with Gasteiger partial charge in [0.05, 0.1) is 5.56 Å². The molecule has 0 saturated carbocycles. The van der Waals surface area contributed by atoms with E-state index in [0.717, 1.165) is 5.56 Å². The number of nitrogens with one attached hydrogen (secondary N) is 1. The highest BCUT2D eigenvalue weighted by Gasteiger charge is 2.14. The minimum absolute atomic E-state index is 0.102. The highest BCUT2D eigenvalue weighted by molar-refractivity contribution is 5.44. The molecule has 0 radical (unpaired) electrons. The molecule has 1 unspecified atom stereocenters. The van der Waals surface area contributed by atoms with Gasteiger partial charge < -0.3 is 15.5 Å². The second-order valence-electron chi connectivity index (χ2n) is 4.17. The molecule has 2 rings (SSSR count). The van der Waals surface area contributed by atoms with Crippen LogP contribution in [0.15, 0.2) is 42.7 Å². The van der Waals surface area contributed by atoms with E-state index >= 15 is 0 Å². The summed E-state index contributed by atoms with van der Waals surface area (Å²) in [5, 5.41) is 22.7. The van der Waals surface area contributed by atoms with Gasteiger partial charge in [-0.15, -0.1) is 0 Å². The number of aromatic hydroxyl groups is 2. The molecule has 0 amide bonds. The molecule has 0 fully saturated rings. The lowest BCUT2D eigenvalue weighted by atomic mass is 10.1. The fourth-order valence-corrected chi connectivity index (χ4v) is 1.86. The SMILES string of the molecule is CC(NCc1ccncc1)c1c(O)cccc1O. The molecule has 18 heavy (non-hydrogen) atoms. The van der Waals surface area contributed by atoms with E-state index in [4.69, 9.17) is 0 Å². The Balaban J connectivity index is 2.06. The Hall–Kier alpha value is -2.07. The molecule has 0 aliphatic heterocycles. The minimum atomic E-state index is -0.139. The summed E-state index contributed by atoms with van der Waals surface area (Å²) in [6.45, 7) is 2.55. The smallest absolute Gasteiger partial charge is 0.124 e. The van der Waals surface area contributed by atoms with Crippen molar-refractivity contribution in [3.8, 4) is 11.5 Å². The summed E-state index contributed by atoms with van der Waals surface area (Å²) in [6, 6.07) is 8.46. The van der Waals surface area contributed by atoms with E-state index in [2.05, 4.69) is 10.3 Å². The number of aromatic nitrogens is 1. The Labute approximate surface area is 106 Å². The molecule has 2 aromatic rings. The minimum Gasteiger partial charge on any atom is -0.507 e. The summed E-state index contributed by atoms with van der Waals surface area (Å²) in [6.07, 6.45) is 3.47. The Morgan fingerprint density at radius 2 is 1.72 bits per heavy atom. The molecule has 4 nitrogen and oxygen atoms in total. The van der Waals surface area contributed by atoms with Crippen molar-refractivity contribution in [3.63, 3.8) is 0 Å². The number of benzene rings is 1. The van der Waals surface area contributed by atoms with E-state index in [9.17, 15) is 10.2 Å². The lowest BCUT2D eigenvalue weighted by molar-refractivity contribution is 0.418. The maximum Gasteiger partial charge on any atom is 0.124 e. The number of phenols is 2. The summed E-state index contributed by atoms with van der Waals surface area (Å²) in [4.78, 5) is 3.95.